The molecule has 0 unspecified atom stereocenters. The average Bonchev–Trinajstić information content (AvgIpc) is 2.80. The summed E-state index contributed by atoms with van der Waals surface area (Å²) in [6.07, 6.45) is 3.58. The zero-order valence-electron chi connectivity index (χ0n) is 11.2. The normalized spacial score (nSPS) is 14.4. The molecular weight excluding hydrogens is 242 g/mol. The zero-order chi connectivity index (χ0) is 13.4. The average molecular weight is 259 g/mol. The Kier molecular flexibility index (Phi) is 2.94. The predicted molar refractivity (Wildman–Crippen MR) is 71.4 cm³/mol. The van der Waals surface area contributed by atoms with E-state index in [-0.39, 0.29) is 0 Å². The number of anilines is 1. The summed E-state index contributed by atoms with van der Waals surface area (Å²) in [5.41, 5.74) is 9.91. The molecule has 0 fully saturated rings. The van der Waals surface area contributed by atoms with Crippen LogP contribution in [0.4, 0.5) is 5.82 Å². The lowest BCUT2D eigenvalue weighted by molar-refractivity contribution is 0.109. The Balaban J connectivity index is 2.12. The number of nitrogen functional groups attached to an aromatic ring is 1. The minimum atomic E-state index is 0.509. The van der Waals surface area contributed by atoms with Gasteiger partial charge < -0.3 is 10.5 Å². The van der Waals surface area contributed by atoms with E-state index in [1.54, 1.807) is 4.68 Å². The molecule has 0 aliphatic carbocycles. The van der Waals surface area contributed by atoms with Gasteiger partial charge in [-0.3, -0.25) is 4.68 Å². The van der Waals surface area contributed by atoms with Gasteiger partial charge in [-0.2, -0.15) is 5.10 Å². The van der Waals surface area contributed by atoms with E-state index in [0.717, 1.165) is 35.4 Å². The number of nitrogens with zero attached hydrogens (tertiary/aromatic N) is 4. The summed E-state index contributed by atoms with van der Waals surface area (Å²) >= 11 is 0. The SMILES string of the molecule is CCc1nn(C)cc1-c1nc(N)c2c(n1)CCOC2. The highest BCUT2D eigenvalue weighted by Gasteiger charge is 2.19. The second kappa shape index (κ2) is 4.62. The number of aryl methyl sites for hydroxylation is 2. The Labute approximate surface area is 111 Å². The molecule has 19 heavy (non-hydrogen) atoms. The molecule has 100 valence electrons. The molecule has 0 aromatic carbocycles. The molecule has 0 radical (unpaired) electrons. The number of fused-ring (bicyclic) bond motifs is 1. The Morgan fingerprint density at radius 1 is 1.42 bits per heavy atom. The standard InChI is InChI=1S/C13H17N5O/c1-3-10-8(6-18(2)17-10)13-15-11-4-5-19-7-9(11)12(14)16-13/h6H,3-5,7H2,1-2H3,(H2,14,15,16). The molecule has 0 amide bonds. The maximum atomic E-state index is 6.02. The van der Waals surface area contributed by atoms with Crippen molar-refractivity contribution in [3.8, 4) is 11.4 Å². The van der Waals surface area contributed by atoms with Gasteiger partial charge in [0.2, 0.25) is 0 Å². The lowest BCUT2D eigenvalue weighted by Crippen LogP contribution is -2.16. The topological polar surface area (TPSA) is 78.9 Å². The molecule has 1 aliphatic rings. The molecule has 2 aromatic heterocycles. The van der Waals surface area contributed by atoms with Crippen molar-refractivity contribution >= 4 is 5.82 Å². The van der Waals surface area contributed by atoms with Gasteiger partial charge in [-0.1, -0.05) is 6.92 Å². The van der Waals surface area contributed by atoms with Crippen molar-refractivity contribution in [1.82, 2.24) is 19.7 Å². The fraction of sp³-hybridized carbons (Fsp3) is 0.462. The molecule has 2 N–H and O–H groups in total. The third-order valence-corrected chi connectivity index (χ3v) is 3.34. The maximum Gasteiger partial charge on any atom is 0.165 e. The monoisotopic (exact) mass is 259 g/mol. The summed E-state index contributed by atoms with van der Waals surface area (Å²) < 4.78 is 7.18. The fourth-order valence-electron chi connectivity index (χ4n) is 2.36. The number of nitrogens with two attached hydrogens (primary N) is 1. The molecule has 0 spiro atoms. The van der Waals surface area contributed by atoms with E-state index < -0.39 is 0 Å². The van der Waals surface area contributed by atoms with Crippen LogP contribution >= 0.6 is 0 Å². The van der Waals surface area contributed by atoms with Crippen LogP contribution in [0.25, 0.3) is 11.4 Å². The van der Waals surface area contributed by atoms with Gasteiger partial charge in [0, 0.05) is 25.2 Å². The van der Waals surface area contributed by atoms with Crippen LogP contribution in [-0.2, 0) is 31.2 Å². The maximum absolute atomic E-state index is 6.02. The molecule has 0 atom stereocenters. The van der Waals surface area contributed by atoms with Gasteiger partial charge in [0.1, 0.15) is 5.82 Å². The van der Waals surface area contributed by atoms with Gasteiger partial charge in [-0.05, 0) is 6.42 Å². The zero-order valence-corrected chi connectivity index (χ0v) is 11.2. The van der Waals surface area contributed by atoms with Crippen molar-refractivity contribution in [3.63, 3.8) is 0 Å². The van der Waals surface area contributed by atoms with Crippen molar-refractivity contribution in [2.24, 2.45) is 7.05 Å². The van der Waals surface area contributed by atoms with Crippen LogP contribution in [-0.4, -0.2) is 26.4 Å². The van der Waals surface area contributed by atoms with Crippen molar-refractivity contribution in [1.29, 1.82) is 0 Å². The summed E-state index contributed by atoms with van der Waals surface area (Å²) in [5, 5.41) is 4.42. The van der Waals surface area contributed by atoms with Crippen molar-refractivity contribution in [2.75, 3.05) is 12.3 Å². The first kappa shape index (κ1) is 12.1. The second-order valence-corrected chi connectivity index (χ2v) is 4.68. The third kappa shape index (κ3) is 2.08. The van der Waals surface area contributed by atoms with Gasteiger partial charge in [-0.25, -0.2) is 9.97 Å². The molecule has 0 saturated carbocycles. The Morgan fingerprint density at radius 3 is 3.05 bits per heavy atom. The van der Waals surface area contributed by atoms with Crippen LogP contribution in [0.5, 0.6) is 0 Å². The second-order valence-electron chi connectivity index (χ2n) is 4.68. The first-order valence-corrected chi connectivity index (χ1v) is 6.45. The summed E-state index contributed by atoms with van der Waals surface area (Å²) in [5.74, 6) is 1.19. The molecular formula is C13H17N5O. The highest BCUT2D eigenvalue weighted by Crippen LogP contribution is 2.26. The Morgan fingerprint density at radius 2 is 2.26 bits per heavy atom. The Bertz CT molecular complexity index is 620. The van der Waals surface area contributed by atoms with Crippen LogP contribution in [0.1, 0.15) is 23.9 Å². The van der Waals surface area contributed by atoms with Crippen LogP contribution in [0, 0.1) is 0 Å². The lowest BCUT2D eigenvalue weighted by Gasteiger charge is -2.17. The van der Waals surface area contributed by atoms with E-state index in [0.29, 0.717) is 24.9 Å². The van der Waals surface area contributed by atoms with E-state index in [1.807, 2.05) is 13.2 Å². The number of ether oxygens (including phenoxy) is 1. The minimum absolute atomic E-state index is 0.509. The van der Waals surface area contributed by atoms with E-state index in [4.69, 9.17) is 10.5 Å². The smallest absolute Gasteiger partial charge is 0.165 e. The van der Waals surface area contributed by atoms with Gasteiger partial charge in [0.25, 0.3) is 0 Å². The molecule has 3 rings (SSSR count). The van der Waals surface area contributed by atoms with Crippen LogP contribution in [0.15, 0.2) is 6.20 Å². The lowest BCUT2D eigenvalue weighted by atomic mass is 10.1. The van der Waals surface area contributed by atoms with Crippen molar-refractivity contribution < 1.29 is 4.74 Å². The molecule has 6 heteroatoms. The van der Waals surface area contributed by atoms with Gasteiger partial charge in [-0.15, -0.1) is 0 Å². The number of aromatic nitrogens is 4. The molecule has 6 nitrogen and oxygen atoms in total. The first-order chi connectivity index (χ1) is 9.19. The van der Waals surface area contributed by atoms with Gasteiger partial charge in [0.15, 0.2) is 5.82 Å². The fourth-order valence-corrected chi connectivity index (χ4v) is 2.36. The van der Waals surface area contributed by atoms with Crippen molar-refractivity contribution in [3.05, 3.63) is 23.1 Å². The first-order valence-electron chi connectivity index (χ1n) is 6.45. The predicted octanol–water partition coefficient (Wildman–Crippen LogP) is 1.09. The van der Waals surface area contributed by atoms with E-state index in [1.165, 1.54) is 0 Å². The number of hydrogen-bond acceptors (Lipinski definition) is 5. The summed E-state index contributed by atoms with van der Waals surface area (Å²) in [6.45, 7) is 3.27. The number of rotatable bonds is 2. The molecule has 1 aliphatic heterocycles. The number of hydrogen-bond donors (Lipinski definition) is 1. The van der Waals surface area contributed by atoms with E-state index in [2.05, 4.69) is 22.0 Å². The highest BCUT2D eigenvalue weighted by molar-refractivity contribution is 5.60. The van der Waals surface area contributed by atoms with E-state index in [9.17, 15) is 0 Å². The van der Waals surface area contributed by atoms with Crippen LogP contribution in [0.2, 0.25) is 0 Å². The quantitative estimate of drug-likeness (QED) is 0.873. The largest absolute Gasteiger partial charge is 0.383 e. The van der Waals surface area contributed by atoms with Gasteiger partial charge in [0.05, 0.1) is 30.2 Å². The van der Waals surface area contributed by atoms with Gasteiger partial charge >= 0.3 is 0 Å². The summed E-state index contributed by atoms with van der Waals surface area (Å²) in [6, 6.07) is 0. The van der Waals surface area contributed by atoms with Crippen molar-refractivity contribution in [2.45, 2.75) is 26.4 Å². The Hall–Kier alpha value is -1.95. The van der Waals surface area contributed by atoms with Crippen LogP contribution in [0.3, 0.4) is 0 Å². The van der Waals surface area contributed by atoms with E-state index >= 15 is 0 Å². The molecule has 0 bridgehead atoms. The highest BCUT2D eigenvalue weighted by atomic mass is 16.5. The molecule has 2 aromatic rings. The summed E-state index contributed by atoms with van der Waals surface area (Å²) in [7, 11) is 1.90. The molecule has 3 heterocycles. The van der Waals surface area contributed by atoms with Crippen LogP contribution < -0.4 is 5.73 Å². The minimum Gasteiger partial charge on any atom is -0.383 e. The molecule has 0 saturated heterocycles. The third-order valence-electron chi connectivity index (χ3n) is 3.34. The summed E-state index contributed by atoms with van der Waals surface area (Å²) in [4.78, 5) is 9.05.